The molecule has 1 aromatic rings. The predicted octanol–water partition coefficient (Wildman–Crippen LogP) is 2.94. The highest BCUT2D eigenvalue weighted by Crippen LogP contribution is 2.25. The van der Waals surface area contributed by atoms with E-state index in [1.807, 2.05) is 32.0 Å². The first-order valence-corrected chi connectivity index (χ1v) is 6.21. The van der Waals surface area contributed by atoms with Gasteiger partial charge in [-0.2, -0.15) is 0 Å². The number of thioether (sulfide) groups is 1. The second-order valence-corrected chi connectivity index (χ2v) is 4.38. The Kier molecular flexibility index (Phi) is 5.32. The molecular weight excluding hydrogens is 225 g/mol. The summed E-state index contributed by atoms with van der Waals surface area (Å²) in [4.78, 5) is 13.9. The number of carbonyl (C=O) groups excluding carboxylic acids is 1. The second-order valence-electron chi connectivity index (χ2n) is 3.26. The van der Waals surface area contributed by atoms with E-state index in [4.69, 9.17) is 0 Å². The van der Waals surface area contributed by atoms with Gasteiger partial charge < -0.3 is 4.90 Å². The van der Waals surface area contributed by atoms with Gasteiger partial charge in [-0.3, -0.25) is 4.79 Å². The maximum Gasteiger partial charge on any atom is 0.268 e. The van der Waals surface area contributed by atoms with E-state index < -0.39 is 11.4 Å². The minimum Gasteiger partial charge on any atom is -0.340 e. The summed E-state index contributed by atoms with van der Waals surface area (Å²) >= 11 is 0.953. The van der Waals surface area contributed by atoms with Crippen molar-refractivity contribution in [3.63, 3.8) is 0 Å². The molecule has 1 atom stereocenters. The predicted molar refractivity (Wildman–Crippen MR) is 65.1 cm³/mol. The van der Waals surface area contributed by atoms with E-state index in [0.29, 0.717) is 13.1 Å². The van der Waals surface area contributed by atoms with E-state index in [2.05, 4.69) is 0 Å². The van der Waals surface area contributed by atoms with E-state index >= 15 is 0 Å². The zero-order valence-electron chi connectivity index (χ0n) is 9.52. The van der Waals surface area contributed by atoms with Crippen LogP contribution in [0.3, 0.4) is 0 Å². The molecule has 1 aromatic carbocycles. The molecule has 0 aromatic heterocycles. The Balaban J connectivity index is 2.58. The number of carbonyl (C=O) groups is 1. The number of rotatable bonds is 5. The smallest absolute Gasteiger partial charge is 0.268 e. The molecule has 0 aliphatic heterocycles. The molecule has 1 rings (SSSR count). The van der Waals surface area contributed by atoms with E-state index in [9.17, 15) is 9.18 Å². The molecular formula is C12H16FNOS. The summed E-state index contributed by atoms with van der Waals surface area (Å²) in [5.41, 5.74) is -1.51. The van der Waals surface area contributed by atoms with E-state index in [0.717, 1.165) is 16.7 Å². The Morgan fingerprint density at radius 2 is 1.88 bits per heavy atom. The van der Waals surface area contributed by atoms with Gasteiger partial charge in [0.1, 0.15) is 0 Å². The van der Waals surface area contributed by atoms with Crippen LogP contribution in [0.25, 0.3) is 0 Å². The fourth-order valence-corrected chi connectivity index (χ4v) is 2.15. The van der Waals surface area contributed by atoms with E-state index in [1.54, 1.807) is 12.1 Å². The fraction of sp³-hybridized carbons (Fsp3) is 0.417. The van der Waals surface area contributed by atoms with Gasteiger partial charge >= 0.3 is 0 Å². The van der Waals surface area contributed by atoms with Crippen LogP contribution in [0.4, 0.5) is 4.39 Å². The van der Waals surface area contributed by atoms with Crippen LogP contribution in [0.15, 0.2) is 35.2 Å². The van der Waals surface area contributed by atoms with Gasteiger partial charge in [0.05, 0.1) is 0 Å². The van der Waals surface area contributed by atoms with Gasteiger partial charge in [0, 0.05) is 18.0 Å². The standard InChI is InChI=1S/C12H16FNOS/c1-3-14(4-2)12(15)11(13)16-10-8-6-5-7-9-10/h5-9,11H,3-4H2,1-2H3. The van der Waals surface area contributed by atoms with Crippen molar-refractivity contribution in [3.8, 4) is 0 Å². The third-order valence-corrected chi connectivity index (χ3v) is 3.20. The Morgan fingerprint density at radius 1 is 1.31 bits per heavy atom. The lowest BCUT2D eigenvalue weighted by molar-refractivity contribution is -0.132. The maximum atomic E-state index is 13.7. The first kappa shape index (κ1) is 13.0. The van der Waals surface area contributed by atoms with Crippen molar-refractivity contribution in [1.82, 2.24) is 4.90 Å². The molecule has 0 heterocycles. The van der Waals surface area contributed by atoms with Crippen molar-refractivity contribution in [2.24, 2.45) is 0 Å². The average Bonchev–Trinajstić information content (AvgIpc) is 2.31. The van der Waals surface area contributed by atoms with Gasteiger partial charge in [0.2, 0.25) is 5.50 Å². The van der Waals surface area contributed by atoms with Crippen molar-refractivity contribution in [2.45, 2.75) is 24.2 Å². The van der Waals surface area contributed by atoms with Crippen molar-refractivity contribution in [2.75, 3.05) is 13.1 Å². The molecule has 0 radical (unpaired) electrons. The lowest BCUT2D eigenvalue weighted by Crippen LogP contribution is -2.35. The van der Waals surface area contributed by atoms with Crippen LogP contribution < -0.4 is 0 Å². The zero-order valence-corrected chi connectivity index (χ0v) is 10.3. The molecule has 2 nitrogen and oxygen atoms in total. The highest BCUT2D eigenvalue weighted by Gasteiger charge is 2.22. The van der Waals surface area contributed by atoms with Gasteiger partial charge in [0.15, 0.2) is 0 Å². The number of hydrogen-bond donors (Lipinski definition) is 0. The third kappa shape index (κ3) is 3.52. The Bertz CT molecular complexity index is 327. The lowest BCUT2D eigenvalue weighted by Gasteiger charge is -2.20. The molecule has 4 heteroatoms. The SMILES string of the molecule is CCN(CC)C(=O)C(F)Sc1ccccc1. The number of halogens is 1. The number of amides is 1. The topological polar surface area (TPSA) is 20.3 Å². The highest BCUT2D eigenvalue weighted by atomic mass is 32.2. The van der Waals surface area contributed by atoms with Crippen LogP contribution in [-0.2, 0) is 4.79 Å². The lowest BCUT2D eigenvalue weighted by atomic mass is 10.4. The van der Waals surface area contributed by atoms with E-state index in [-0.39, 0.29) is 0 Å². The van der Waals surface area contributed by atoms with Crippen LogP contribution in [0.5, 0.6) is 0 Å². The monoisotopic (exact) mass is 241 g/mol. The molecule has 0 fully saturated rings. The van der Waals surface area contributed by atoms with Crippen molar-refractivity contribution in [3.05, 3.63) is 30.3 Å². The highest BCUT2D eigenvalue weighted by molar-refractivity contribution is 8.00. The number of nitrogens with zero attached hydrogens (tertiary/aromatic N) is 1. The van der Waals surface area contributed by atoms with E-state index in [1.165, 1.54) is 4.90 Å². The Labute approximate surface area is 99.8 Å². The van der Waals surface area contributed by atoms with Crippen LogP contribution >= 0.6 is 11.8 Å². The summed E-state index contributed by atoms with van der Waals surface area (Å²) in [6, 6.07) is 9.12. The minimum atomic E-state index is -1.51. The first-order chi connectivity index (χ1) is 7.69. The molecule has 0 aliphatic rings. The minimum absolute atomic E-state index is 0.446. The average molecular weight is 241 g/mol. The van der Waals surface area contributed by atoms with Gasteiger partial charge in [-0.25, -0.2) is 4.39 Å². The van der Waals surface area contributed by atoms with Crippen molar-refractivity contribution >= 4 is 17.7 Å². The first-order valence-electron chi connectivity index (χ1n) is 5.33. The number of benzene rings is 1. The summed E-state index contributed by atoms with van der Waals surface area (Å²) in [6.45, 7) is 4.79. The summed E-state index contributed by atoms with van der Waals surface area (Å²) < 4.78 is 13.7. The summed E-state index contributed by atoms with van der Waals surface area (Å²) in [7, 11) is 0. The van der Waals surface area contributed by atoms with Crippen LogP contribution in [-0.4, -0.2) is 29.4 Å². The molecule has 0 saturated heterocycles. The number of hydrogen-bond acceptors (Lipinski definition) is 2. The molecule has 16 heavy (non-hydrogen) atoms. The van der Waals surface area contributed by atoms with Gasteiger partial charge in [-0.05, 0) is 26.0 Å². The quantitative estimate of drug-likeness (QED) is 0.739. The maximum absolute atomic E-state index is 13.7. The van der Waals surface area contributed by atoms with Gasteiger partial charge in [-0.15, -0.1) is 0 Å². The fourth-order valence-electron chi connectivity index (χ4n) is 1.35. The van der Waals surface area contributed by atoms with Crippen molar-refractivity contribution < 1.29 is 9.18 Å². The molecule has 0 bridgehead atoms. The zero-order chi connectivity index (χ0) is 12.0. The Morgan fingerprint density at radius 3 is 2.38 bits per heavy atom. The van der Waals surface area contributed by atoms with Crippen LogP contribution in [0.1, 0.15) is 13.8 Å². The van der Waals surface area contributed by atoms with Gasteiger partial charge in [0.25, 0.3) is 5.91 Å². The molecule has 0 aliphatic carbocycles. The van der Waals surface area contributed by atoms with Crippen LogP contribution in [0.2, 0.25) is 0 Å². The summed E-state index contributed by atoms with van der Waals surface area (Å²) in [5, 5.41) is 0. The number of alkyl halides is 1. The van der Waals surface area contributed by atoms with Gasteiger partial charge in [-0.1, -0.05) is 30.0 Å². The third-order valence-electron chi connectivity index (χ3n) is 2.25. The summed E-state index contributed by atoms with van der Waals surface area (Å²) in [6.07, 6.45) is 0. The second kappa shape index (κ2) is 6.53. The molecule has 0 saturated carbocycles. The molecule has 88 valence electrons. The normalized spacial score (nSPS) is 12.2. The Hall–Kier alpha value is -1.03. The molecule has 1 unspecified atom stereocenters. The molecule has 0 spiro atoms. The van der Waals surface area contributed by atoms with Crippen molar-refractivity contribution in [1.29, 1.82) is 0 Å². The summed E-state index contributed by atoms with van der Waals surface area (Å²) in [5.74, 6) is -0.446. The molecule has 0 N–H and O–H groups in total. The largest absolute Gasteiger partial charge is 0.340 e. The molecule has 1 amide bonds. The van der Waals surface area contributed by atoms with Crippen LogP contribution in [0, 0.1) is 0 Å².